The molecule has 0 aliphatic carbocycles. The first kappa shape index (κ1) is 17.2. The highest BCUT2D eigenvalue weighted by molar-refractivity contribution is 7.14. The number of anilines is 1. The fourth-order valence-electron chi connectivity index (χ4n) is 2.75. The molecule has 0 aliphatic heterocycles. The Labute approximate surface area is 159 Å². The number of nitrogens with zero attached hydrogens (tertiary/aromatic N) is 1. The second-order valence-electron chi connectivity index (χ2n) is 6.28. The minimum absolute atomic E-state index is 0.232. The molecule has 2 aromatic carbocycles. The van der Waals surface area contributed by atoms with Crippen LogP contribution in [-0.2, 0) is 0 Å². The summed E-state index contributed by atoms with van der Waals surface area (Å²) < 4.78 is 5.35. The molecule has 0 unspecified atom stereocenters. The number of carbonyl (C=O) groups is 1. The third kappa shape index (κ3) is 3.39. The topological polar surface area (TPSA) is 72.2 Å². The molecule has 0 bridgehead atoms. The number of rotatable bonds is 3. The van der Waals surface area contributed by atoms with Crippen LogP contribution >= 0.6 is 11.3 Å². The molecule has 0 radical (unpaired) electrons. The van der Waals surface area contributed by atoms with Gasteiger partial charge in [0.15, 0.2) is 5.13 Å². The van der Waals surface area contributed by atoms with E-state index in [9.17, 15) is 9.59 Å². The summed E-state index contributed by atoms with van der Waals surface area (Å²) in [5, 5.41) is 5.77. The first-order valence-corrected chi connectivity index (χ1v) is 9.26. The number of para-hydroxylation sites is 1. The minimum atomic E-state index is -0.453. The number of thiazole rings is 1. The second kappa shape index (κ2) is 6.81. The van der Waals surface area contributed by atoms with Gasteiger partial charge in [0.1, 0.15) is 5.58 Å². The molecule has 2 aromatic heterocycles. The van der Waals surface area contributed by atoms with Gasteiger partial charge in [-0.2, -0.15) is 0 Å². The van der Waals surface area contributed by atoms with Crippen LogP contribution in [0.3, 0.4) is 0 Å². The fraction of sp³-hybridized carbons (Fsp3) is 0.0952. The van der Waals surface area contributed by atoms with Gasteiger partial charge < -0.3 is 4.42 Å². The Morgan fingerprint density at radius 3 is 2.70 bits per heavy atom. The number of fused-ring (bicyclic) bond motifs is 1. The van der Waals surface area contributed by atoms with Gasteiger partial charge >= 0.3 is 5.63 Å². The van der Waals surface area contributed by atoms with Crippen LogP contribution in [0.15, 0.2) is 63.1 Å². The number of carbonyl (C=O) groups excluding carboxylic acids is 1. The van der Waals surface area contributed by atoms with Crippen molar-refractivity contribution in [2.75, 3.05) is 5.32 Å². The number of aryl methyl sites for hydroxylation is 2. The van der Waals surface area contributed by atoms with E-state index < -0.39 is 5.63 Å². The summed E-state index contributed by atoms with van der Waals surface area (Å²) in [5.74, 6) is -0.232. The lowest BCUT2D eigenvalue weighted by Gasteiger charge is -2.05. The Balaban J connectivity index is 1.62. The average Bonchev–Trinajstić information content (AvgIpc) is 3.11. The highest BCUT2D eigenvalue weighted by Gasteiger charge is 2.14. The van der Waals surface area contributed by atoms with Crippen molar-refractivity contribution >= 4 is 33.3 Å². The zero-order chi connectivity index (χ0) is 19.0. The predicted molar refractivity (Wildman–Crippen MR) is 107 cm³/mol. The molecule has 27 heavy (non-hydrogen) atoms. The summed E-state index contributed by atoms with van der Waals surface area (Å²) >= 11 is 1.27. The Kier molecular flexibility index (Phi) is 4.33. The summed E-state index contributed by atoms with van der Waals surface area (Å²) in [5.41, 5.74) is 3.68. The summed E-state index contributed by atoms with van der Waals surface area (Å²) in [4.78, 5) is 29.1. The predicted octanol–water partition coefficient (Wildman–Crippen LogP) is 4.79. The molecule has 0 aliphatic rings. The SMILES string of the molecule is Cc1ccc(C(=O)Nc2nc(-c3cc4ccccc4oc3=O)cs2)cc1C. The maximum atomic E-state index is 12.4. The van der Waals surface area contributed by atoms with Crippen molar-refractivity contribution in [1.29, 1.82) is 0 Å². The van der Waals surface area contributed by atoms with Gasteiger partial charge in [-0.15, -0.1) is 11.3 Å². The normalized spacial score (nSPS) is 10.9. The molecule has 1 N–H and O–H groups in total. The van der Waals surface area contributed by atoms with E-state index in [4.69, 9.17) is 4.42 Å². The molecule has 0 fully saturated rings. The van der Waals surface area contributed by atoms with E-state index >= 15 is 0 Å². The van der Waals surface area contributed by atoms with Crippen LogP contribution in [0.2, 0.25) is 0 Å². The number of benzene rings is 2. The zero-order valence-corrected chi connectivity index (χ0v) is 15.6. The van der Waals surface area contributed by atoms with Crippen molar-refractivity contribution < 1.29 is 9.21 Å². The van der Waals surface area contributed by atoms with Crippen LogP contribution in [0, 0.1) is 13.8 Å². The van der Waals surface area contributed by atoms with Crippen LogP contribution in [0.25, 0.3) is 22.2 Å². The molecule has 5 nitrogen and oxygen atoms in total. The third-order valence-electron chi connectivity index (χ3n) is 4.41. The van der Waals surface area contributed by atoms with E-state index in [0.717, 1.165) is 16.5 Å². The Morgan fingerprint density at radius 1 is 1.07 bits per heavy atom. The van der Waals surface area contributed by atoms with Gasteiger partial charge in [0, 0.05) is 16.3 Å². The maximum Gasteiger partial charge on any atom is 0.345 e. The molecule has 134 valence electrons. The number of aromatic nitrogens is 1. The zero-order valence-electron chi connectivity index (χ0n) is 14.8. The monoisotopic (exact) mass is 376 g/mol. The van der Waals surface area contributed by atoms with Crippen molar-refractivity contribution in [3.63, 3.8) is 0 Å². The average molecular weight is 376 g/mol. The van der Waals surface area contributed by atoms with Crippen molar-refractivity contribution in [2.24, 2.45) is 0 Å². The van der Waals surface area contributed by atoms with E-state index in [0.29, 0.717) is 27.5 Å². The molecular weight excluding hydrogens is 360 g/mol. The van der Waals surface area contributed by atoms with Crippen molar-refractivity contribution in [2.45, 2.75) is 13.8 Å². The first-order valence-electron chi connectivity index (χ1n) is 8.38. The standard InChI is InChI=1S/C21H16N2O3S/c1-12-7-8-15(9-13(12)2)19(24)23-21-22-17(11-27-21)16-10-14-5-3-4-6-18(14)26-20(16)25/h3-11H,1-2H3,(H,22,23,24). The quantitative estimate of drug-likeness (QED) is 0.522. The number of hydrogen-bond acceptors (Lipinski definition) is 5. The van der Waals surface area contributed by atoms with Gasteiger partial charge in [-0.05, 0) is 49.2 Å². The molecule has 6 heteroatoms. The van der Waals surface area contributed by atoms with Crippen LogP contribution in [0.4, 0.5) is 5.13 Å². The van der Waals surface area contributed by atoms with E-state index in [2.05, 4.69) is 10.3 Å². The summed E-state index contributed by atoms with van der Waals surface area (Å²) in [6.07, 6.45) is 0. The largest absolute Gasteiger partial charge is 0.422 e. The Morgan fingerprint density at radius 2 is 1.89 bits per heavy atom. The molecule has 2 heterocycles. The highest BCUT2D eigenvalue weighted by atomic mass is 32.1. The van der Waals surface area contributed by atoms with Crippen molar-refractivity contribution in [1.82, 2.24) is 4.98 Å². The molecular formula is C21H16N2O3S. The van der Waals surface area contributed by atoms with Crippen molar-refractivity contribution in [3.05, 3.63) is 81.0 Å². The molecule has 4 aromatic rings. The lowest BCUT2D eigenvalue weighted by Crippen LogP contribution is -2.12. The minimum Gasteiger partial charge on any atom is -0.422 e. The first-order chi connectivity index (χ1) is 13.0. The van der Waals surface area contributed by atoms with E-state index in [-0.39, 0.29) is 5.91 Å². The summed E-state index contributed by atoms with van der Waals surface area (Å²) in [6.45, 7) is 3.96. The van der Waals surface area contributed by atoms with Crippen LogP contribution in [0.5, 0.6) is 0 Å². The van der Waals surface area contributed by atoms with Crippen molar-refractivity contribution in [3.8, 4) is 11.3 Å². The summed E-state index contributed by atoms with van der Waals surface area (Å²) in [7, 11) is 0. The van der Waals surface area contributed by atoms with Crippen LogP contribution in [0.1, 0.15) is 21.5 Å². The lowest BCUT2D eigenvalue weighted by atomic mass is 10.1. The lowest BCUT2D eigenvalue weighted by molar-refractivity contribution is 0.102. The van der Waals surface area contributed by atoms with Gasteiger partial charge in [0.25, 0.3) is 5.91 Å². The van der Waals surface area contributed by atoms with Crippen LogP contribution < -0.4 is 10.9 Å². The molecule has 1 amide bonds. The van der Waals surface area contributed by atoms with Gasteiger partial charge in [0.05, 0.1) is 11.3 Å². The Hall–Kier alpha value is -3.25. The van der Waals surface area contributed by atoms with E-state index in [1.165, 1.54) is 11.3 Å². The maximum absolute atomic E-state index is 12.4. The molecule has 0 spiro atoms. The smallest absolute Gasteiger partial charge is 0.345 e. The Bertz CT molecular complexity index is 1220. The third-order valence-corrected chi connectivity index (χ3v) is 5.17. The van der Waals surface area contributed by atoms with Crippen LogP contribution in [-0.4, -0.2) is 10.9 Å². The van der Waals surface area contributed by atoms with Gasteiger partial charge in [0.2, 0.25) is 0 Å². The van der Waals surface area contributed by atoms with Gasteiger partial charge in [-0.1, -0.05) is 24.3 Å². The van der Waals surface area contributed by atoms with Gasteiger partial charge in [-0.25, -0.2) is 9.78 Å². The molecule has 0 saturated carbocycles. The summed E-state index contributed by atoms with van der Waals surface area (Å²) in [6, 6.07) is 14.6. The van der Waals surface area contributed by atoms with E-state index in [1.54, 1.807) is 23.6 Å². The molecule has 4 rings (SSSR count). The molecule has 0 atom stereocenters. The highest BCUT2D eigenvalue weighted by Crippen LogP contribution is 2.25. The van der Waals surface area contributed by atoms with E-state index in [1.807, 2.05) is 44.2 Å². The number of hydrogen-bond donors (Lipinski definition) is 1. The fourth-order valence-corrected chi connectivity index (χ4v) is 3.45. The number of amides is 1. The second-order valence-corrected chi connectivity index (χ2v) is 7.13. The molecule has 0 saturated heterocycles. The number of nitrogens with one attached hydrogen (secondary N) is 1. The van der Waals surface area contributed by atoms with Gasteiger partial charge in [-0.3, -0.25) is 10.1 Å².